The lowest BCUT2D eigenvalue weighted by molar-refractivity contribution is 0.991. The molecule has 0 saturated heterocycles. The van der Waals surface area contributed by atoms with Crippen molar-refractivity contribution in [1.29, 1.82) is 0 Å². The molecule has 3 rings (SSSR count). The second-order valence-electron chi connectivity index (χ2n) is 5.02. The van der Waals surface area contributed by atoms with Gasteiger partial charge in [0.05, 0.1) is 11.4 Å². The number of hydrogen-bond donors (Lipinski definition) is 1. The van der Waals surface area contributed by atoms with E-state index in [1.54, 1.807) is 12.4 Å². The number of nitrogens with one attached hydrogen (secondary N) is 1. The summed E-state index contributed by atoms with van der Waals surface area (Å²) >= 11 is 0. The van der Waals surface area contributed by atoms with Gasteiger partial charge >= 0.3 is 0 Å². The Bertz CT molecular complexity index is 753. The molecule has 0 aliphatic rings. The third kappa shape index (κ3) is 3.71. The summed E-state index contributed by atoms with van der Waals surface area (Å²) in [6.45, 7) is 4.03. The summed E-state index contributed by atoms with van der Waals surface area (Å²) in [6.07, 6.45) is 3.50. The fourth-order valence-corrected chi connectivity index (χ4v) is 2.22. The van der Waals surface area contributed by atoms with Gasteiger partial charge in [-0.2, -0.15) is 5.10 Å². The maximum atomic E-state index is 4.58. The highest BCUT2D eigenvalue weighted by atomic mass is 15.3. The Morgan fingerprint density at radius 1 is 0.783 bits per heavy atom. The van der Waals surface area contributed by atoms with E-state index in [0.29, 0.717) is 5.70 Å². The molecule has 23 heavy (non-hydrogen) atoms. The van der Waals surface area contributed by atoms with Crippen LogP contribution in [0.5, 0.6) is 0 Å². The quantitative estimate of drug-likeness (QED) is 0.569. The zero-order valence-electron chi connectivity index (χ0n) is 12.7. The van der Waals surface area contributed by atoms with Crippen molar-refractivity contribution in [2.75, 3.05) is 0 Å². The van der Waals surface area contributed by atoms with E-state index in [1.807, 2.05) is 72.8 Å². The Balaban J connectivity index is 1.91. The van der Waals surface area contributed by atoms with Crippen LogP contribution in [0.25, 0.3) is 5.70 Å². The number of rotatable bonds is 5. The molecule has 0 unspecified atom stereocenters. The smallest absolute Gasteiger partial charge is 0.0977 e. The molecular weight excluding hydrogens is 282 g/mol. The van der Waals surface area contributed by atoms with Crippen LogP contribution in [-0.2, 0) is 0 Å². The molecule has 0 atom stereocenters. The summed E-state index contributed by atoms with van der Waals surface area (Å²) in [5.41, 5.74) is 7.64. The van der Waals surface area contributed by atoms with Crippen molar-refractivity contribution >= 4 is 11.4 Å². The predicted molar refractivity (Wildman–Crippen MR) is 94.9 cm³/mol. The van der Waals surface area contributed by atoms with Gasteiger partial charge in [-0.1, -0.05) is 67.2 Å². The molecule has 0 bridgehead atoms. The van der Waals surface area contributed by atoms with Crippen molar-refractivity contribution in [3.8, 4) is 0 Å². The molecule has 0 aliphatic heterocycles. The van der Waals surface area contributed by atoms with E-state index in [4.69, 9.17) is 0 Å². The summed E-state index contributed by atoms with van der Waals surface area (Å²) in [5.74, 6) is 0. The Morgan fingerprint density at radius 2 is 1.35 bits per heavy atom. The molecular formula is C20H17N3. The lowest BCUT2D eigenvalue weighted by Crippen LogP contribution is -2.11. The fourth-order valence-electron chi connectivity index (χ4n) is 2.22. The minimum Gasteiger partial charge on any atom is -0.278 e. The summed E-state index contributed by atoms with van der Waals surface area (Å²) < 4.78 is 0. The predicted octanol–water partition coefficient (Wildman–Crippen LogP) is 4.09. The number of nitrogens with zero attached hydrogens (tertiary/aromatic N) is 2. The highest BCUT2D eigenvalue weighted by molar-refractivity contribution is 6.12. The molecule has 112 valence electrons. The molecule has 0 fully saturated rings. The van der Waals surface area contributed by atoms with Crippen molar-refractivity contribution in [3.05, 3.63) is 108 Å². The van der Waals surface area contributed by atoms with Crippen molar-refractivity contribution < 1.29 is 0 Å². The molecule has 0 spiro atoms. The number of benzene rings is 2. The Kier molecular flexibility index (Phi) is 4.60. The molecule has 1 heterocycles. The van der Waals surface area contributed by atoms with E-state index in [0.717, 1.165) is 22.4 Å². The molecule has 1 N–H and O–H groups in total. The first kappa shape index (κ1) is 14.7. The molecule has 3 aromatic rings. The second-order valence-corrected chi connectivity index (χ2v) is 5.02. The number of aromatic nitrogens is 1. The van der Waals surface area contributed by atoms with Gasteiger partial charge in [0.15, 0.2) is 0 Å². The zero-order chi connectivity index (χ0) is 15.9. The van der Waals surface area contributed by atoms with E-state index < -0.39 is 0 Å². The number of hydrogen-bond acceptors (Lipinski definition) is 3. The highest BCUT2D eigenvalue weighted by Crippen LogP contribution is 2.12. The monoisotopic (exact) mass is 299 g/mol. The second kappa shape index (κ2) is 7.18. The van der Waals surface area contributed by atoms with Gasteiger partial charge in [-0.15, -0.1) is 0 Å². The van der Waals surface area contributed by atoms with Gasteiger partial charge in [-0.05, 0) is 12.1 Å². The van der Waals surface area contributed by atoms with Crippen LogP contribution in [0.1, 0.15) is 16.7 Å². The Hall–Kier alpha value is -3.20. The first-order chi connectivity index (χ1) is 11.3. The van der Waals surface area contributed by atoms with Gasteiger partial charge in [-0.3, -0.25) is 10.4 Å². The maximum Gasteiger partial charge on any atom is 0.0977 e. The van der Waals surface area contributed by atoms with Crippen LogP contribution in [0, 0.1) is 0 Å². The Morgan fingerprint density at radius 3 is 1.87 bits per heavy atom. The van der Waals surface area contributed by atoms with Crippen LogP contribution in [0.4, 0.5) is 0 Å². The van der Waals surface area contributed by atoms with Crippen LogP contribution in [0.2, 0.25) is 0 Å². The molecule has 0 saturated carbocycles. The van der Waals surface area contributed by atoms with Gasteiger partial charge in [0.25, 0.3) is 0 Å². The van der Waals surface area contributed by atoms with E-state index in [9.17, 15) is 0 Å². The standard InChI is InChI=1S/C20H17N3/c1-16(19-13-8-14-21-15-19)22-23-20(17-9-4-2-5-10-17)18-11-6-3-7-12-18/h2-15,22H,1H2. The van der Waals surface area contributed by atoms with E-state index in [2.05, 4.69) is 22.1 Å². The van der Waals surface area contributed by atoms with Crippen LogP contribution < -0.4 is 5.43 Å². The molecule has 0 amide bonds. The average Bonchev–Trinajstić information content (AvgIpc) is 2.64. The highest BCUT2D eigenvalue weighted by Gasteiger charge is 2.06. The number of pyridine rings is 1. The Labute approximate surface area is 136 Å². The lowest BCUT2D eigenvalue weighted by atomic mass is 10.0. The summed E-state index contributed by atoms with van der Waals surface area (Å²) in [6, 6.07) is 24.0. The minimum absolute atomic E-state index is 0.711. The zero-order valence-corrected chi connectivity index (χ0v) is 12.7. The molecule has 3 heteroatoms. The van der Waals surface area contributed by atoms with Crippen LogP contribution in [0.3, 0.4) is 0 Å². The first-order valence-electron chi connectivity index (χ1n) is 7.38. The maximum absolute atomic E-state index is 4.58. The minimum atomic E-state index is 0.711. The van der Waals surface area contributed by atoms with Crippen LogP contribution >= 0.6 is 0 Å². The van der Waals surface area contributed by atoms with Crippen molar-refractivity contribution in [3.63, 3.8) is 0 Å². The first-order valence-corrected chi connectivity index (χ1v) is 7.38. The molecule has 1 aromatic heterocycles. The largest absolute Gasteiger partial charge is 0.278 e. The van der Waals surface area contributed by atoms with E-state index >= 15 is 0 Å². The normalized spacial score (nSPS) is 9.91. The van der Waals surface area contributed by atoms with Gasteiger partial charge < -0.3 is 0 Å². The molecule has 3 nitrogen and oxygen atoms in total. The third-order valence-electron chi connectivity index (χ3n) is 3.41. The van der Waals surface area contributed by atoms with Crippen molar-refractivity contribution in [1.82, 2.24) is 10.4 Å². The average molecular weight is 299 g/mol. The van der Waals surface area contributed by atoms with E-state index in [1.165, 1.54) is 0 Å². The van der Waals surface area contributed by atoms with Crippen molar-refractivity contribution in [2.24, 2.45) is 5.10 Å². The van der Waals surface area contributed by atoms with Crippen molar-refractivity contribution in [2.45, 2.75) is 0 Å². The fraction of sp³-hybridized carbons (Fsp3) is 0. The van der Waals surface area contributed by atoms with Gasteiger partial charge in [0.1, 0.15) is 0 Å². The summed E-state index contributed by atoms with van der Waals surface area (Å²) in [7, 11) is 0. The van der Waals surface area contributed by atoms with Gasteiger partial charge in [-0.25, -0.2) is 0 Å². The molecule has 0 radical (unpaired) electrons. The van der Waals surface area contributed by atoms with Crippen LogP contribution in [-0.4, -0.2) is 10.7 Å². The molecule has 0 aliphatic carbocycles. The third-order valence-corrected chi connectivity index (χ3v) is 3.41. The van der Waals surface area contributed by atoms with Crippen LogP contribution in [0.15, 0.2) is 96.9 Å². The topological polar surface area (TPSA) is 37.3 Å². The SMILES string of the molecule is C=C(NN=C(c1ccccc1)c1ccccc1)c1cccnc1. The summed E-state index contributed by atoms with van der Waals surface area (Å²) in [5, 5.41) is 4.58. The summed E-state index contributed by atoms with van der Waals surface area (Å²) in [4.78, 5) is 4.10. The van der Waals surface area contributed by atoms with Gasteiger partial charge in [0, 0.05) is 29.1 Å². The lowest BCUT2D eigenvalue weighted by Gasteiger charge is -2.10. The molecule has 2 aromatic carbocycles. The van der Waals surface area contributed by atoms with E-state index in [-0.39, 0.29) is 0 Å². The van der Waals surface area contributed by atoms with Gasteiger partial charge in [0.2, 0.25) is 0 Å². The number of hydrazone groups is 1.